The van der Waals surface area contributed by atoms with Crippen molar-refractivity contribution in [2.24, 2.45) is 4.99 Å². The molecule has 1 aliphatic heterocycles. The van der Waals surface area contributed by atoms with Crippen LogP contribution in [-0.4, -0.2) is 48.8 Å². The Morgan fingerprint density at radius 2 is 2.12 bits per heavy atom. The monoisotopic (exact) mass is 451 g/mol. The Hall–Kier alpha value is -0.930. The number of hydrogen-bond acceptors (Lipinski definition) is 3. The van der Waals surface area contributed by atoms with Gasteiger partial charge in [-0.25, -0.2) is 9.38 Å². The first-order chi connectivity index (χ1) is 11.1. The molecule has 136 valence electrons. The zero-order valence-corrected chi connectivity index (χ0v) is 16.6. The van der Waals surface area contributed by atoms with Gasteiger partial charge in [0.05, 0.1) is 19.3 Å². The summed E-state index contributed by atoms with van der Waals surface area (Å²) in [6.45, 7) is 5.15. The smallest absolute Gasteiger partial charge is 0.194 e. The summed E-state index contributed by atoms with van der Waals surface area (Å²) < 4.78 is 18.7. The molecule has 7 heteroatoms. The van der Waals surface area contributed by atoms with E-state index in [0.29, 0.717) is 12.1 Å². The summed E-state index contributed by atoms with van der Waals surface area (Å²) in [4.78, 5) is 6.81. The molecule has 0 spiro atoms. The van der Waals surface area contributed by atoms with E-state index in [1.807, 2.05) is 6.92 Å². The van der Waals surface area contributed by atoms with Crippen molar-refractivity contribution in [3.05, 3.63) is 35.1 Å². The van der Waals surface area contributed by atoms with E-state index in [2.05, 4.69) is 15.2 Å². The van der Waals surface area contributed by atoms with Crippen LogP contribution in [0.4, 0.5) is 4.39 Å². The average Bonchev–Trinajstić information content (AvgIpc) is 2.55. The number of ether oxygens (including phenoxy) is 1. The molecule has 0 bridgehead atoms. The summed E-state index contributed by atoms with van der Waals surface area (Å²) in [5.41, 5.74) is 1.50. The van der Waals surface area contributed by atoms with Crippen LogP contribution in [0.5, 0.6) is 0 Å². The summed E-state index contributed by atoms with van der Waals surface area (Å²) in [6.07, 6.45) is 1.32. The van der Waals surface area contributed by atoms with E-state index in [4.69, 9.17) is 4.74 Å². The van der Waals surface area contributed by atoms with Gasteiger partial charge in [-0.3, -0.25) is 0 Å². The van der Waals surface area contributed by atoms with Crippen molar-refractivity contribution < 1.29 is 14.2 Å². The van der Waals surface area contributed by atoms with Crippen LogP contribution >= 0.6 is 24.0 Å². The Kier molecular flexibility index (Phi) is 9.53. The van der Waals surface area contributed by atoms with Gasteiger partial charge in [-0.1, -0.05) is 6.07 Å². The van der Waals surface area contributed by atoms with Crippen molar-refractivity contribution >= 4 is 29.9 Å². The lowest BCUT2D eigenvalue weighted by Gasteiger charge is -2.32. The topological polar surface area (TPSA) is 57.1 Å². The molecular formula is C17H27FIN3O2. The minimum atomic E-state index is -0.253. The Labute approximate surface area is 160 Å². The second-order valence-corrected chi connectivity index (χ2v) is 5.75. The van der Waals surface area contributed by atoms with Crippen LogP contribution in [-0.2, 0) is 17.9 Å². The van der Waals surface area contributed by atoms with Crippen molar-refractivity contribution in [2.45, 2.75) is 39.0 Å². The van der Waals surface area contributed by atoms with Crippen molar-refractivity contribution in [1.82, 2.24) is 10.2 Å². The molecule has 0 unspecified atom stereocenters. The van der Waals surface area contributed by atoms with Crippen LogP contribution in [0.2, 0.25) is 0 Å². The van der Waals surface area contributed by atoms with Crippen LogP contribution in [0.15, 0.2) is 23.2 Å². The predicted molar refractivity (Wildman–Crippen MR) is 104 cm³/mol. The van der Waals surface area contributed by atoms with Crippen LogP contribution in [0, 0.1) is 5.82 Å². The highest BCUT2D eigenvalue weighted by molar-refractivity contribution is 14.0. The molecule has 0 saturated carbocycles. The van der Waals surface area contributed by atoms with Gasteiger partial charge in [-0.05, 0) is 37.5 Å². The second-order valence-electron chi connectivity index (χ2n) is 5.75. The van der Waals surface area contributed by atoms with Gasteiger partial charge in [-0.15, -0.1) is 24.0 Å². The lowest BCUT2D eigenvalue weighted by Crippen LogP contribution is -2.46. The Balaban J connectivity index is 0.00000288. The van der Waals surface area contributed by atoms with Crippen molar-refractivity contribution in [1.29, 1.82) is 0 Å². The molecule has 1 heterocycles. The van der Waals surface area contributed by atoms with Gasteiger partial charge in [-0.2, -0.15) is 0 Å². The molecular weight excluding hydrogens is 424 g/mol. The van der Waals surface area contributed by atoms with Crippen LogP contribution in [0.25, 0.3) is 0 Å². The highest BCUT2D eigenvalue weighted by atomic mass is 127. The van der Waals surface area contributed by atoms with E-state index in [-0.39, 0.29) is 42.5 Å². The quantitative estimate of drug-likeness (QED) is 0.411. The highest BCUT2D eigenvalue weighted by Crippen LogP contribution is 2.14. The number of nitrogens with one attached hydrogen (secondary N) is 1. The summed E-state index contributed by atoms with van der Waals surface area (Å²) in [6, 6.07) is 5.01. The maximum Gasteiger partial charge on any atom is 0.194 e. The molecule has 2 N–H and O–H groups in total. The van der Waals surface area contributed by atoms with E-state index < -0.39 is 0 Å². The van der Waals surface area contributed by atoms with Crippen LogP contribution in [0.3, 0.4) is 0 Å². The van der Waals surface area contributed by atoms with Gasteiger partial charge < -0.3 is 20.1 Å². The minimum absolute atomic E-state index is 0. The van der Waals surface area contributed by atoms with Crippen molar-refractivity contribution in [2.75, 3.05) is 26.7 Å². The van der Waals surface area contributed by atoms with Gasteiger partial charge >= 0.3 is 0 Å². The van der Waals surface area contributed by atoms with E-state index in [0.717, 1.165) is 44.0 Å². The molecule has 2 rings (SSSR count). The van der Waals surface area contributed by atoms with Crippen LogP contribution < -0.4 is 5.32 Å². The number of aliphatic hydroxyl groups excluding tert-OH is 1. The number of nitrogens with zero attached hydrogens (tertiary/aromatic N) is 2. The zero-order chi connectivity index (χ0) is 16.7. The molecule has 24 heavy (non-hydrogen) atoms. The number of methoxy groups -OCH3 is 1. The molecule has 0 amide bonds. The number of guanidine groups is 1. The van der Waals surface area contributed by atoms with Gasteiger partial charge in [0, 0.05) is 32.3 Å². The maximum atomic E-state index is 13.6. The van der Waals surface area contributed by atoms with Gasteiger partial charge in [0.1, 0.15) is 5.82 Å². The van der Waals surface area contributed by atoms with Gasteiger partial charge in [0.25, 0.3) is 0 Å². The predicted octanol–water partition coefficient (Wildman–Crippen LogP) is 2.51. The number of likely N-dealkylation sites (tertiary alicyclic amines) is 1. The second kappa shape index (κ2) is 10.8. The number of aliphatic hydroxyl groups is 1. The number of hydrogen-bond donors (Lipinski definition) is 2. The molecule has 1 aliphatic rings. The summed E-state index contributed by atoms with van der Waals surface area (Å²) in [5.74, 6) is 0.591. The first-order valence-electron chi connectivity index (χ1n) is 8.11. The Bertz CT molecular complexity index is 535. The number of rotatable bonds is 5. The summed E-state index contributed by atoms with van der Waals surface area (Å²) in [5, 5.41) is 12.9. The molecule has 1 aromatic rings. The Morgan fingerprint density at radius 3 is 2.75 bits per heavy atom. The minimum Gasteiger partial charge on any atom is -0.393 e. The molecule has 0 atom stereocenters. The molecule has 0 aliphatic carbocycles. The van der Waals surface area contributed by atoms with Gasteiger partial charge in [0.2, 0.25) is 0 Å². The van der Waals surface area contributed by atoms with E-state index >= 15 is 0 Å². The maximum absolute atomic E-state index is 13.6. The summed E-state index contributed by atoms with van der Waals surface area (Å²) >= 11 is 0. The average molecular weight is 451 g/mol. The molecule has 0 aromatic heterocycles. The third kappa shape index (κ3) is 6.18. The molecule has 5 nitrogen and oxygen atoms in total. The summed E-state index contributed by atoms with van der Waals surface area (Å²) in [7, 11) is 1.55. The van der Waals surface area contributed by atoms with Crippen molar-refractivity contribution in [3.8, 4) is 0 Å². The standard InChI is InChI=1S/C17H26FN3O2.HI/c1-3-19-17(21-8-6-15(22)7-9-21)20-11-13-4-5-16(18)14(10-13)12-23-2;/h4-5,10,15,22H,3,6-9,11-12H2,1-2H3,(H,19,20);1H. The normalized spacial score (nSPS) is 16.0. The number of halogens is 2. The fourth-order valence-corrected chi connectivity index (χ4v) is 2.66. The molecule has 0 radical (unpaired) electrons. The van der Waals surface area contributed by atoms with E-state index in [1.165, 1.54) is 6.07 Å². The lowest BCUT2D eigenvalue weighted by molar-refractivity contribution is 0.108. The third-order valence-corrected chi connectivity index (χ3v) is 3.92. The van der Waals surface area contributed by atoms with Crippen molar-refractivity contribution in [3.63, 3.8) is 0 Å². The third-order valence-electron chi connectivity index (χ3n) is 3.92. The fourth-order valence-electron chi connectivity index (χ4n) is 2.66. The number of aliphatic imine (C=N–C) groups is 1. The highest BCUT2D eigenvalue weighted by Gasteiger charge is 2.19. The number of benzene rings is 1. The Morgan fingerprint density at radius 1 is 1.42 bits per heavy atom. The number of piperidine rings is 1. The van der Waals surface area contributed by atoms with E-state index in [9.17, 15) is 9.50 Å². The zero-order valence-electron chi connectivity index (χ0n) is 14.3. The van der Waals surface area contributed by atoms with Gasteiger partial charge in [0.15, 0.2) is 5.96 Å². The van der Waals surface area contributed by atoms with E-state index in [1.54, 1.807) is 19.2 Å². The molecule has 1 saturated heterocycles. The first-order valence-corrected chi connectivity index (χ1v) is 8.11. The fraction of sp³-hybridized carbons (Fsp3) is 0.588. The molecule has 1 fully saturated rings. The lowest BCUT2D eigenvalue weighted by atomic mass is 10.1. The first kappa shape index (κ1) is 21.1. The largest absolute Gasteiger partial charge is 0.393 e. The van der Waals surface area contributed by atoms with Crippen LogP contribution in [0.1, 0.15) is 30.9 Å². The SMILES string of the molecule is CCNC(=NCc1ccc(F)c(COC)c1)N1CCC(O)CC1.I. The molecule has 1 aromatic carbocycles.